The van der Waals surface area contributed by atoms with E-state index in [2.05, 4.69) is 15.4 Å². The van der Waals surface area contributed by atoms with Crippen LogP contribution in [-0.2, 0) is 9.53 Å². The number of amides is 1. The van der Waals surface area contributed by atoms with E-state index in [0.29, 0.717) is 22.2 Å². The number of rotatable bonds is 7. The van der Waals surface area contributed by atoms with E-state index in [-0.39, 0.29) is 17.8 Å². The molecule has 0 unspecified atom stereocenters. The third kappa shape index (κ3) is 5.01. The molecule has 7 nitrogen and oxygen atoms in total. The lowest BCUT2D eigenvalue weighted by Crippen LogP contribution is -2.22. The van der Waals surface area contributed by atoms with Gasteiger partial charge in [0.25, 0.3) is 0 Å². The van der Waals surface area contributed by atoms with Gasteiger partial charge in [0.1, 0.15) is 17.3 Å². The maximum absolute atomic E-state index is 13.9. The van der Waals surface area contributed by atoms with Crippen molar-refractivity contribution in [3.8, 4) is 11.5 Å². The summed E-state index contributed by atoms with van der Waals surface area (Å²) in [7, 11) is 4.09. The third-order valence-corrected chi connectivity index (χ3v) is 3.87. The Labute approximate surface area is 160 Å². The third-order valence-electron chi connectivity index (χ3n) is 3.57. The maximum atomic E-state index is 13.9. The van der Waals surface area contributed by atoms with Crippen molar-refractivity contribution in [1.29, 1.82) is 0 Å². The molecule has 0 spiro atoms. The molecule has 144 valence electrons. The first kappa shape index (κ1) is 20.3. The van der Waals surface area contributed by atoms with E-state index in [1.165, 1.54) is 45.6 Å². The Balaban J connectivity index is 2.10. The standard InChI is InChI=1S/C18H18ClFN2O5/c1-25-15-8-14(16(26-2)7-11(15)19)22-17(23)9-21-13-6-10(18(24)27-3)4-5-12(13)20/h4-8,21H,9H2,1-3H3,(H,22,23). The molecule has 0 bridgehead atoms. The number of hydrogen-bond acceptors (Lipinski definition) is 6. The molecule has 0 fully saturated rings. The smallest absolute Gasteiger partial charge is 0.337 e. The lowest BCUT2D eigenvalue weighted by atomic mass is 10.2. The predicted octanol–water partition coefficient (Wildman–Crippen LogP) is 3.33. The molecule has 0 aliphatic rings. The van der Waals surface area contributed by atoms with Crippen LogP contribution in [-0.4, -0.2) is 39.8 Å². The molecule has 0 radical (unpaired) electrons. The molecule has 2 N–H and O–H groups in total. The SMILES string of the molecule is COC(=O)c1ccc(F)c(NCC(=O)Nc2cc(OC)c(Cl)cc2OC)c1. The Kier molecular flexibility index (Phi) is 6.84. The van der Waals surface area contributed by atoms with Crippen LogP contribution < -0.4 is 20.1 Å². The molecule has 9 heteroatoms. The Bertz CT molecular complexity index is 860. The zero-order chi connectivity index (χ0) is 20.0. The normalized spacial score (nSPS) is 10.1. The summed E-state index contributed by atoms with van der Waals surface area (Å²) in [5.74, 6) is -0.993. The van der Waals surface area contributed by atoms with Crippen LogP contribution in [0.2, 0.25) is 5.02 Å². The van der Waals surface area contributed by atoms with Gasteiger partial charge in [-0.3, -0.25) is 4.79 Å². The summed E-state index contributed by atoms with van der Waals surface area (Å²) in [6.07, 6.45) is 0. The van der Waals surface area contributed by atoms with Crippen LogP contribution >= 0.6 is 11.6 Å². The summed E-state index contributed by atoms with van der Waals surface area (Å²) in [4.78, 5) is 23.7. The van der Waals surface area contributed by atoms with Gasteiger partial charge in [-0.05, 0) is 18.2 Å². The van der Waals surface area contributed by atoms with Gasteiger partial charge in [0.05, 0.1) is 49.8 Å². The van der Waals surface area contributed by atoms with Gasteiger partial charge in [-0.25, -0.2) is 9.18 Å². The second-order valence-corrected chi connectivity index (χ2v) is 5.68. The van der Waals surface area contributed by atoms with Crippen molar-refractivity contribution in [2.45, 2.75) is 0 Å². The van der Waals surface area contributed by atoms with Gasteiger partial charge in [-0.1, -0.05) is 11.6 Å². The molecule has 0 aliphatic heterocycles. The summed E-state index contributed by atoms with van der Waals surface area (Å²) in [5, 5.41) is 5.59. The van der Waals surface area contributed by atoms with Gasteiger partial charge in [0.2, 0.25) is 5.91 Å². The first-order chi connectivity index (χ1) is 12.9. The maximum Gasteiger partial charge on any atom is 0.337 e. The molecular weight excluding hydrogens is 379 g/mol. The summed E-state index contributed by atoms with van der Waals surface area (Å²) < 4.78 is 28.8. The van der Waals surface area contributed by atoms with E-state index in [9.17, 15) is 14.0 Å². The van der Waals surface area contributed by atoms with Gasteiger partial charge in [-0.2, -0.15) is 0 Å². The first-order valence-corrected chi connectivity index (χ1v) is 8.10. The monoisotopic (exact) mass is 396 g/mol. The van der Waals surface area contributed by atoms with Crippen molar-refractivity contribution in [2.75, 3.05) is 38.5 Å². The zero-order valence-electron chi connectivity index (χ0n) is 14.9. The van der Waals surface area contributed by atoms with Crippen LogP contribution in [0.25, 0.3) is 0 Å². The van der Waals surface area contributed by atoms with Crippen LogP contribution in [0.15, 0.2) is 30.3 Å². The Morgan fingerprint density at radius 2 is 1.74 bits per heavy atom. The highest BCUT2D eigenvalue weighted by atomic mass is 35.5. The highest BCUT2D eigenvalue weighted by Crippen LogP contribution is 2.35. The number of anilines is 2. The van der Waals surface area contributed by atoms with Crippen LogP contribution in [0.1, 0.15) is 10.4 Å². The molecule has 0 aromatic heterocycles. The quantitative estimate of drug-likeness (QED) is 0.698. The summed E-state index contributed by atoms with van der Waals surface area (Å²) in [5.41, 5.74) is 0.494. The van der Waals surface area contributed by atoms with Crippen LogP contribution in [0.4, 0.5) is 15.8 Å². The van der Waals surface area contributed by atoms with E-state index in [0.717, 1.165) is 6.07 Å². The Morgan fingerprint density at radius 3 is 2.37 bits per heavy atom. The van der Waals surface area contributed by atoms with Crippen molar-refractivity contribution < 1.29 is 28.2 Å². The number of carbonyl (C=O) groups excluding carboxylic acids is 2. The Morgan fingerprint density at radius 1 is 1.04 bits per heavy atom. The molecule has 2 aromatic carbocycles. The summed E-state index contributed by atoms with van der Waals surface area (Å²) >= 11 is 6.02. The molecule has 0 saturated heterocycles. The number of methoxy groups -OCH3 is 3. The summed E-state index contributed by atoms with van der Waals surface area (Å²) in [6, 6.07) is 6.68. The van der Waals surface area contributed by atoms with Crippen LogP contribution in [0, 0.1) is 5.82 Å². The topological polar surface area (TPSA) is 85.9 Å². The number of carbonyl (C=O) groups is 2. The van der Waals surface area contributed by atoms with Gasteiger partial charge in [-0.15, -0.1) is 0 Å². The average Bonchev–Trinajstić information content (AvgIpc) is 2.67. The predicted molar refractivity (Wildman–Crippen MR) is 99.4 cm³/mol. The fourth-order valence-corrected chi connectivity index (χ4v) is 2.46. The fraction of sp³-hybridized carbons (Fsp3) is 0.222. The molecular formula is C18H18ClFN2O5. The lowest BCUT2D eigenvalue weighted by molar-refractivity contribution is -0.114. The molecule has 2 aromatic rings. The van der Waals surface area contributed by atoms with E-state index in [1.807, 2.05) is 0 Å². The van der Waals surface area contributed by atoms with Gasteiger partial charge in [0, 0.05) is 12.1 Å². The van der Waals surface area contributed by atoms with Crippen LogP contribution in [0.5, 0.6) is 11.5 Å². The highest BCUT2D eigenvalue weighted by Gasteiger charge is 2.14. The molecule has 0 aliphatic carbocycles. The number of ether oxygens (including phenoxy) is 3. The minimum Gasteiger partial charge on any atom is -0.495 e. The minimum atomic E-state index is -0.611. The second kappa shape index (κ2) is 9.09. The minimum absolute atomic E-state index is 0.00583. The highest BCUT2D eigenvalue weighted by molar-refractivity contribution is 6.32. The second-order valence-electron chi connectivity index (χ2n) is 5.27. The molecule has 27 heavy (non-hydrogen) atoms. The van der Waals surface area contributed by atoms with Crippen molar-refractivity contribution in [3.63, 3.8) is 0 Å². The zero-order valence-corrected chi connectivity index (χ0v) is 15.6. The van der Waals surface area contributed by atoms with Crippen molar-refractivity contribution in [1.82, 2.24) is 0 Å². The lowest BCUT2D eigenvalue weighted by Gasteiger charge is -2.14. The molecule has 1 amide bonds. The summed E-state index contributed by atoms with van der Waals surface area (Å²) in [6.45, 7) is -0.254. The number of hydrogen-bond donors (Lipinski definition) is 2. The molecule has 2 rings (SSSR count). The number of nitrogens with one attached hydrogen (secondary N) is 2. The van der Waals surface area contributed by atoms with Crippen molar-refractivity contribution in [3.05, 3.63) is 46.7 Å². The van der Waals surface area contributed by atoms with E-state index >= 15 is 0 Å². The molecule has 0 saturated carbocycles. The number of esters is 1. The number of benzene rings is 2. The van der Waals surface area contributed by atoms with E-state index in [4.69, 9.17) is 21.1 Å². The van der Waals surface area contributed by atoms with Gasteiger partial charge < -0.3 is 24.8 Å². The first-order valence-electron chi connectivity index (χ1n) is 7.72. The fourth-order valence-electron chi connectivity index (χ4n) is 2.23. The van der Waals surface area contributed by atoms with E-state index < -0.39 is 17.7 Å². The largest absolute Gasteiger partial charge is 0.495 e. The van der Waals surface area contributed by atoms with Crippen molar-refractivity contribution >= 4 is 34.9 Å². The van der Waals surface area contributed by atoms with Gasteiger partial charge in [0.15, 0.2) is 0 Å². The average molecular weight is 397 g/mol. The van der Waals surface area contributed by atoms with E-state index in [1.54, 1.807) is 0 Å². The Hall–Kier alpha value is -3.00. The number of halogens is 2. The molecule has 0 heterocycles. The molecule has 0 atom stereocenters. The van der Waals surface area contributed by atoms with Crippen molar-refractivity contribution in [2.24, 2.45) is 0 Å². The van der Waals surface area contributed by atoms with Crippen LogP contribution in [0.3, 0.4) is 0 Å². The van der Waals surface area contributed by atoms with Gasteiger partial charge >= 0.3 is 5.97 Å².